The van der Waals surface area contributed by atoms with Crippen LogP contribution < -0.4 is 0 Å². The van der Waals surface area contributed by atoms with E-state index in [0.717, 1.165) is 12.0 Å². The van der Waals surface area contributed by atoms with Gasteiger partial charge in [-0.15, -0.1) is 0 Å². The molecule has 11 heavy (non-hydrogen) atoms. The molecule has 0 aliphatic heterocycles. The summed E-state index contributed by atoms with van der Waals surface area (Å²) in [5.41, 5.74) is 0. The van der Waals surface area contributed by atoms with Gasteiger partial charge in [0, 0.05) is 6.04 Å². The van der Waals surface area contributed by atoms with E-state index in [4.69, 9.17) is 0 Å². The summed E-state index contributed by atoms with van der Waals surface area (Å²) < 4.78 is 0. The normalized spacial score (nSPS) is 32.7. The van der Waals surface area contributed by atoms with Gasteiger partial charge in [-0.25, -0.2) is 0 Å². The molecule has 1 saturated carbocycles. The SMILES string of the molecule is CCC1CCCCC1N(C)C. The Morgan fingerprint density at radius 2 is 1.82 bits per heavy atom. The maximum Gasteiger partial charge on any atom is 0.0117 e. The fourth-order valence-electron chi connectivity index (χ4n) is 2.34. The van der Waals surface area contributed by atoms with Crippen LogP contribution in [0.25, 0.3) is 0 Å². The van der Waals surface area contributed by atoms with Crippen LogP contribution in [-0.2, 0) is 0 Å². The van der Waals surface area contributed by atoms with Crippen molar-refractivity contribution in [2.45, 2.75) is 45.1 Å². The van der Waals surface area contributed by atoms with Crippen LogP contribution in [0.3, 0.4) is 0 Å². The van der Waals surface area contributed by atoms with Crippen LogP contribution >= 0.6 is 0 Å². The molecule has 2 unspecified atom stereocenters. The Morgan fingerprint density at radius 1 is 1.18 bits per heavy atom. The van der Waals surface area contributed by atoms with Crippen molar-refractivity contribution in [3.63, 3.8) is 0 Å². The Morgan fingerprint density at radius 3 is 2.27 bits per heavy atom. The Hall–Kier alpha value is -0.0400. The lowest BCUT2D eigenvalue weighted by Crippen LogP contribution is -2.37. The molecule has 1 aliphatic carbocycles. The minimum atomic E-state index is 0.869. The molecule has 2 atom stereocenters. The monoisotopic (exact) mass is 155 g/mol. The molecule has 1 rings (SSSR count). The van der Waals surface area contributed by atoms with Crippen LogP contribution in [0.1, 0.15) is 39.0 Å². The summed E-state index contributed by atoms with van der Waals surface area (Å²) in [4.78, 5) is 2.41. The molecule has 1 fully saturated rings. The molecule has 0 aromatic heterocycles. The zero-order valence-electron chi connectivity index (χ0n) is 8.14. The van der Waals surface area contributed by atoms with E-state index in [1.807, 2.05) is 0 Å². The first-order valence-corrected chi connectivity index (χ1v) is 4.92. The summed E-state index contributed by atoms with van der Waals surface area (Å²) >= 11 is 0. The van der Waals surface area contributed by atoms with Crippen molar-refractivity contribution in [3.05, 3.63) is 0 Å². The van der Waals surface area contributed by atoms with E-state index < -0.39 is 0 Å². The Balaban J connectivity index is 2.44. The Bertz CT molecular complexity index is 109. The van der Waals surface area contributed by atoms with Crippen molar-refractivity contribution in [2.75, 3.05) is 14.1 Å². The third-order valence-corrected chi connectivity index (χ3v) is 3.06. The highest BCUT2D eigenvalue weighted by atomic mass is 15.1. The van der Waals surface area contributed by atoms with E-state index in [-0.39, 0.29) is 0 Å². The van der Waals surface area contributed by atoms with Gasteiger partial charge in [0.2, 0.25) is 0 Å². The second kappa shape index (κ2) is 4.10. The molecule has 0 aromatic rings. The maximum atomic E-state index is 2.41. The number of rotatable bonds is 2. The van der Waals surface area contributed by atoms with Gasteiger partial charge in [0.25, 0.3) is 0 Å². The quantitative estimate of drug-likeness (QED) is 0.592. The molecule has 1 heteroatoms. The summed E-state index contributed by atoms with van der Waals surface area (Å²) in [6.45, 7) is 2.33. The molecule has 0 saturated heterocycles. The van der Waals surface area contributed by atoms with Gasteiger partial charge in [0.05, 0.1) is 0 Å². The number of hydrogen-bond donors (Lipinski definition) is 0. The zero-order chi connectivity index (χ0) is 8.27. The first-order valence-electron chi connectivity index (χ1n) is 4.92. The van der Waals surface area contributed by atoms with Crippen molar-refractivity contribution >= 4 is 0 Å². The number of hydrogen-bond acceptors (Lipinski definition) is 1. The van der Waals surface area contributed by atoms with Crippen LogP contribution in [0, 0.1) is 5.92 Å². The lowest BCUT2D eigenvalue weighted by Gasteiger charge is -2.35. The lowest BCUT2D eigenvalue weighted by atomic mass is 9.82. The van der Waals surface area contributed by atoms with E-state index in [9.17, 15) is 0 Å². The molecule has 0 radical (unpaired) electrons. The van der Waals surface area contributed by atoms with Crippen LogP contribution in [0.2, 0.25) is 0 Å². The fraction of sp³-hybridized carbons (Fsp3) is 1.00. The topological polar surface area (TPSA) is 3.24 Å². The minimum Gasteiger partial charge on any atom is -0.306 e. The zero-order valence-corrected chi connectivity index (χ0v) is 8.14. The molecule has 0 aromatic carbocycles. The van der Waals surface area contributed by atoms with E-state index in [1.54, 1.807) is 0 Å². The van der Waals surface area contributed by atoms with Crippen molar-refractivity contribution in [1.82, 2.24) is 4.90 Å². The predicted molar refractivity (Wildman–Crippen MR) is 49.7 cm³/mol. The van der Waals surface area contributed by atoms with Gasteiger partial charge >= 0.3 is 0 Å². The number of nitrogens with zero attached hydrogens (tertiary/aromatic N) is 1. The fourth-order valence-corrected chi connectivity index (χ4v) is 2.34. The smallest absolute Gasteiger partial charge is 0.0117 e. The van der Waals surface area contributed by atoms with Crippen molar-refractivity contribution < 1.29 is 0 Å². The first kappa shape index (κ1) is 9.05. The molecule has 66 valence electrons. The largest absolute Gasteiger partial charge is 0.306 e. The highest BCUT2D eigenvalue weighted by Crippen LogP contribution is 2.29. The summed E-state index contributed by atoms with van der Waals surface area (Å²) in [5, 5.41) is 0. The van der Waals surface area contributed by atoms with Gasteiger partial charge < -0.3 is 4.90 Å². The van der Waals surface area contributed by atoms with Gasteiger partial charge in [-0.1, -0.05) is 26.2 Å². The molecule has 0 heterocycles. The molecule has 1 aliphatic rings. The third kappa shape index (κ3) is 2.19. The van der Waals surface area contributed by atoms with Gasteiger partial charge in [-0.2, -0.15) is 0 Å². The summed E-state index contributed by atoms with van der Waals surface area (Å²) in [7, 11) is 4.44. The first-order chi connectivity index (χ1) is 5.25. The van der Waals surface area contributed by atoms with Crippen molar-refractivity contribution in [2.24, 2.45) is 5.92 Å². The van der Waals surface area contributed by atoms with E-state index in [0.29, 0.717) is 0 Å². The maximum absolute atomic E-state index is 2.41. The van der Waals surface area contributed by atoms with Gasteiger partial charge in [-0.3, -0.25) is 0 Å². The van der Waals surface area contributed by atoms with E-state index in [1.165, 1.54) is 32.1 Å². The van der Waals surface area contributed by atoms with Crippen LogP contribution in [-0.4, -0.2) is 25.0 Å². The predicted octanol–water partition coefficient (Wildman–Crippen LogP) is 2.52. The second-order valence-corrected chi connectivity index (χ2v) is 3.98. The van der Waals surface area contributed by atoms with Crippen LogP contribution in [0.4, 0.5) is 0 Å². The molecule has 1 nitrogen and oxygen atoms in total. The average Bonchev–Trinajstić information content (AvgIpc) is 2.04. The highest BCUT2D eigenvalue weighted by molar-refractivity contribution is 4.79. The molecular weight excluding hydrogens is 134 g/mol. The average molecular weight is 155 g/mol. The highest BCUT2D eigenvalue weighted by Gasteiger charge is 2.24. The Labute approximate surface area is 70.8 Å². The molecule has 0 bridgehead atoms. The van der Waals surface area contributed by atoms with Gasteiger partial charge in [-0.05, 0) is 32.9 Å². The molecular formula is C10H21N. The van der Waals surface area contributed by atoms with Crippen molar-refractivity contribution in [1.29, 1.82) is 0 Å². The van der Waals surface area contributed by atoms with Crippen LogP contribution in [0.15, 0.2) is 0 Å². The van der Waals surface area contributed by atoms with Crippen LogP contribution in [0.5, 0.6) is 0 Å². The summed E-state index contributed by atoms with van der Waals surface area (Å²) in [6.07, 6.45) is 7.15. The van der Waals surface area contributed by atoms with E-state index >= 15 is 0 Å². The minimum absolute atomic E-state index is 0.869. The lowest BCUT2D eigenvalue weighted by molar-refractivity contribution is 0.152. The molecule has 0 N–H and O–H groups in total. The molecule has 0 spiro atoms. The standard InChI is InChI=1S/C10H21N/c1-4-9-7-5-6-8-10(9)11(2)3/h9-10H,4-8H2,1-3H3. The summed E-state index contributed by atoms with van der Waals surface area (Å²) in [6, 6.07) is 0.869. The third-order valence-electron chi connectivity index (χ3n) is 3.06. The second-order valence-electron chi connectivity index (χ2n) is 3.98. The van der Waals surface area contributed by atoms with Gasteiger partial charge in [0.1, 0.15) is 0 Å². The van der Waals surface area contributed by atoms with Gasteiger partial charge in [0.15, 0.2) is 0 Å². The summed E-state index contributed by atoms with van der Waals surface area (Å²) in [5.74, 6) is 0.971. The van der Waals surface area contributed by atoms with E-state index in [2.05, 4.69) is 25.9 Å². The Kier molecular flexibility index (Phi) is 3.38. The van der Waals surface area contributed by atoms with Crippen molar-refractivity contribution in [3.8, 4) is 0 Å². The molecule has 0 amide bonds.